The second kappa shape index (κ2) is 5.63. The molecule has 0 spiro atoms. The van der Waals surface area contributed by atoms with Crippen molar-refractivity contribution in [3.05, 3.63) is 51.0 Å². The Kier molecular flexibility index (Phi) is 4.15. The van der Waals surface area contributed by atoms with Gasteiger partial charge in [-0.2, -0.15) is 0 Å². The summed E-state index contributed by atoms with van der Waals surface area (Å²) < 4.78 is 0. The summed E-state index contributed by atoms with van der Waals surface area (Å²) in [6.07, 6.45) is 0.851. The lowest BCUT2D eigenvalue weighted by molar-refractivity contribution is 0.284. The molecule has 18 heavy (non-hydrogen) atoms. The van der Waals surface area contributed by atoms with Crippen molar-refractivity contribution >= 4 is 11.3 Å². The molecule has 1 heterocycles. The monoisotopic (exact) mass is 261 g/mol. The SMILES string of the molecule is Cc1nc(Cc2ccc(C(C)C)cc2)sc1CO. The predicted molar refractivity (Wildman–Crippen MR) is 76.1 cm³/mol. The number of benzene rings is 1. The maximum Gasteiger partial charge on any atom is 0.0975 e. The highest BCUT2D eigenvalue weighted by molar-refractivity contribution is 7.11. The Morgan fingerprint density at radius 3 is 2.39 bits per heavy atom. The fourth-order valence-electron chi connectivity index (χ4n) is 1.91. The van der Waals surface area contributed by atoms with Crippen LogP contribution in [0, 0.1) is 6.92 Å². The maximum atomic E-state index is 9.17. The molecule has 0 saturated heterocycles. The molecule has 96 valence electrons. The summed E-state index contributed by atoms with van der Waals surface area (Å²) in [7, 11) is 0. The van der Waals surface area contributed by atoms with Crippen LogP contribution in [0.4, 0.5) is 0 Å². The van der Waals surface area contributed by atoms with Crippen molar-refractivity contribution in [1.82, 2.24) is 4.98 Å². The molecule has 3 heteroatoms. The molecule has 1 aromatic carbocycles. The minimum absolute atomic E-state index is 0.0930. The predicted octanol–water partition coefficient (Wildman–Crippen LogP) is 3.66. The molecule has 0 aliphatic rings. The summed E-state index contributed by atoms with van der Waals surface area (Å²) in [5.74, 6) is 0.571. The molecular formula is C15H19NOS. The zero-order valence-corrected chi connectivity index (χ0v) is 11.9. The van der Waals surface area contributed by atoms with E-state index in [1.54, 1.807) is 11.3 Å². The number of thiazole rings is 1. The summed E-state index contributed by atoms with van der Waals surface area (Å²) in [5.41, 5.74) is 3.60. The van der Waals surface area contributed by atoms with Crippen molar-refractivity contribution < 1.29 is 5.11 Å². The second-order valence-electron chi connectivity index (χ2n) is 4.85. The summed E-state index contributed by atoms with van der Waals surface area (Å²) in [5, 5.41) is 10.2. The van der Waals surface area contributed by atoms with Crippen molar-refractivity contribution in [2.45, 2.75) is 39.7 Å². The Bertz CT molecular complexity index is 514. The average Bonchev–Trinajstić information content (AvgIpc) is 2.70. The van der Waals surface area contributed by atoms with Gasteiger partial charge < -0.3 is 5.11 Å². The van der Waals surface area contributed by atoms with E-state index in [0.29, 0.717) is 5.92 Å². The molecule has 0 radical (unpaired) electrons. The first kappa shape index (κ1) is 13.2. The topological polar surface area (TPSA) is 33.1 Å². The first-order valence-electron chi connectivity index (χ1n) is 6.25. The van der Waals surface area contributed by atoms with Crippen LogP contribution in [-0.4, -0.2) is 10.1 Å². The number of nitrogens with zero attached hydrogens (tertiary/aromatic N) is 1. The number of aryl methyl sites for hydroxylation is 1. The highest BCUT2D eigenvalue weighted by Gasteiger charge is 2.07. The van der Waals surface area contributed by atoms with E-state index >= 15 is 0 Å². The first-order valence-corrected chi connectivity index (χ1v) is 7.06. The van der Waals surface area contributed by atoms with Crippen LogP contribution in [-0.2, 0) is 13.0 Å². The van der Waals surface area contributed by atoms with Crippen LogP contribution in [0.2, 0.25) is 0 Å². The molecule has 2 aromatic rings. The Balaban J connectivity index is 2.13. The Labute approximate surface area is 112 Å². The largest absolute Gasteiger partial charge is 0.391 e. The van der Waals surface area contributed by atoms with E-state index in [0.717, 1.165) is 22.0 Å². The van der Waals surface area contributed by atoms with E-state index in [-0.39, 0.29) is 6.61 Å². The highest BCUT2D eigenvalue weighted by atomic mass is 32.1. The lowest BCUT2D eigenvalue weighted by atomic mass is 10.0. The normalized spacial score (nSPS) is 11.2. The number of aliphatic hydroxyl groups excluding tert-OH is 1. The van der Waals surface area contributed by atoms with Gasteiger partial charge in [0.2, 0.25) is 0 Å². The highest BCUT2D eigenvalue weighted by Crippen LogP contribution is 2.22. The third-order valence-electron chi connectivity index (χ3n) is 3.08. The zero-order chi connectivity index (χ0) is 13.1. The molecule has 2 nitrogen and oxygen atoms in total. The molecule has 0 fully saturated rings. The van der Waals surface area contributed by atoms with Gasteiger partial charge >= 0.3 is 0 Å². The van der Waals surface area contributed by atoms with Crippen molar-refractivity contribution in [3.8, 4) is 0 Å². The van der Waals surface area contributed by atoms with E-state index in [2.05, 4.69) is 43.1 Å². The van der Waals surface area contributed by atoms with Gasteiger partial charge in [-0.25, -0.2) is 4.98 Å². The van der Waals surface area contributed by atoms with E-state index in [9.17, 15) is 0 Å². The lowest BCUT2D eigenvalue weighted by Crippen LogP contribution is -1.90. The van der Waals surface area contributed by atoms with Crippen LogP contribution in [0.3, 0.4) is 0 Å². The van der Waals surface area contributed by atoms with E-state index in [1.165, 1.54) is 11.1 Å². The summed E-state index contributed by atoms with van der Waals surface area (Å²) in [4.78, 5) is 5.47. The van der Waals surface area contributed by atoms with Gasteiger partial charge in [-0.3, -0.25) is 0 Å². The first-order chi connectivity index (χ1) is 8.60. The Hall–Kier alpha value is -1.19. The quantitative estimate of drug-likeness (QED) is 0.911. The molecule has 0 aliphatic carbocycles. The molecule has 0 unspecified atom stereocenters. The van der Waals surface area contributed by atoms with Crippen molar-refractivity contribution in [1.29, 1.82) is 0 Å². The van der Waals surface area contributed by atoms with Crippen molar-refractivity contribution in [2.24, 2.45) is 0 Å². The second-order valence-corrected chi connectivity index (χ2v) is 6.02. The van der Waals surface area contributed by atoms with Crippen molar-refractivity contribution in [3.63, 3.8) is 0 Å². The van der Waals surface area contributed by atoms with Gasteiger partial charge in [0.1, 0.15) is 0 Å². The van der Waals surface area contributed by atoms with Gasteiger partial charge in [-0.05, 0) is 24.0 Å². The number of rotatable bonds is 4. The van der Waals surface area contributed by atoms with Gasteiger partial charge in [0.15, 0.2) is 0 Å². The number of hydrogen-bond donors (Lipinski definition) is 1. The van der Waals surface area contributed by atoms with Crippen LogP contribution >= 0.6 is 11.3 Å². The number of aliphatic hydroxyl groups is 1. The van der Waals surface area contributed by atoms with E-state index < -0.39 is 0 Å². The van der Waals surface area contributed by atoms with Gasteiger partial charge in [0.05, 0.1) is 22.2 Å². The van der Waals surface area contributed by atoms with Crippen LogP contribution in [0.15, 0.2) is 24.3 Å². The van der Waals surface area contributed by atoms with Crippen LogP contribution in [0.1, 0.15) is 46.5 Å². The molecule has 0 aliphatic heterocycles. The zero-order valence-electron chi connectivity index (χ0n) is 11.1. The molecule has 1 N–H and O–H groups in total. The van der Waals surface area contributed by atoms with Crippen LogP contribution < -0.4 is 0 Å². The summed E-state index contributed by atoms with van der Waals surface area (Å²) in [6.45, 7) is 6.45. The smallest absolute Gasteiger partial charge is 0.0975 e. The molecule has 2 rings (SSSR count). The average molecular weight is 261 g/mol. The number of hydrogen-bond acceptors (Lipinski definition) is 3. The van der Waals surface area contributed by atoms with Gasteiger partial charge in [0, 0.05) is 6.42 Å². The van der Waals surface area contributed by atoms with E-state index in [1.807, 2.05) is 6.92 Å². The molecular weight excluding hydrogens is 242 g/mol. The Morgan fingerprint density at radius 2 is 1.89 bits per heavy atom. The van der Waals surface area contributed by atoms with Gasteiger partial charge in [-0.1, -0.05) is 38.1 Å². The molecule has 0 bridgehead atoms. The minimum Gasteiger partial charge on any atom is -0.391 e. The molecule has 0 amide bonds. The number of aromatic nitrogens is 1. The minimum atomic E-state index is 0.0930. The Morgan fingerprint density at radius 1 is 1.22 bits per heavy atom. The molecule has 0 saturated carbocycles. The van der Waals surface area contributed by atoms with E-state index in [4.69, 9.17) is 5.11 Å². The third-order valence-corrected chi connectivity index (χ3v) is 4.22. The summed E-state index contributed by atoms with van der Waals surface area (Å²) in [6, 6.07) is 8.72. The fourth-order valence-corrected chi connectivity index (χ4v) is 2.87. The van der Waals surface area contributed by atoms with Gasteiger partial charge in [0.25, 0.3) is 0 Å². The van der Waals surface area contributed by atoms with Crippen molar-refractivity contribution in [2.75, 3.05) is 0 Å². The third kappa shape index (κ3) is 2.98. The standard InChI is InChI=1S/C15H19NOS/c1-10(2)13-6-4-12(5-7-13)8-15-16-11(3)14(9-17)18-15/h4-7,10,17H,8-9H2,1-3H3. The van der Waals surface area contributed by atoms with Crippen LogP contribution in [0.25, 0.3) is 0 Å². The maximum absolute atomic E-state index is 9.17. The summed E-state index contributed by atoms with van der Waals surface area (Å²) >= 11 is 1.60. The lowest BCUT2D eigenvalue weighted by Gasteiger charge is -2.05. The molecule has 1 aromatic heterocycles. The molecule has 0 atom stereocenters. The van der Waals surface area contributed by atoms with Gasteiger partial charge in [-0.15, -0.1) is 11.3 Å². The fraction of sp³-hybridized carbons (Fsp3) is 0.400. The van der Waals surface area contributed by atoms with Crippen LogP contribution in [0.5, 0.6) is 0 Å².